The molecule has 6 aromatic rings. The summed E-state index contributed by atoms with van der Waals surface area (Å²) in [6, 6.07) is 26.6. The third-order valence-electron chi connectivity index (χ3n) is 17.2. The van der Waals surface area contributed by atoms with Crippen LogP contribution in [-0.2, 0) is 23.0 Å². The molecule has 2 aliphatic carbocycles. The molecule has 18 heteroatoms. The van der Waals surface area contributed by atoms with E-state index in [1.165, 1.54) is 34.4 Å². The summed E-state index contributed by atoms with van der Waals surface area (Å²) >= 11 is 0. The molecular weight excluding hydrogens is 997 g/mol. The normalized spacial score (nSPS) is 21.9. The number of anilines is 2. The number of hydrogen-bond acceptors (Lipinski definition) is 14. The van der Waals surface area contributed by atoms with Crippen LogP contribution >= 0.6 is 0 Å². The molecule has 1 atom stereocenters. The minimum Gasteiger partial charge on any atom is -0.493 e. The van der Waals surface area contributed by atoms with Crippen molar-refractivity contribution in [3.05, 3.63) is 135 Å². The predicted molar refractivity (Wildman–Crippen MR) is 296 cm³/mol. The van der Waals surface area contributed by atoms with Crippen LogP contribution in [0.2, 0.25) is 0 Å². The third-order valence-corrected chi connectivity index (χ3v) is 18.5. The number of nitro benzene ring substituents is 1. The number of carbonyl (C=O) groups is 1. The summed E-state index contributed by atoms with van der Waals surface area (Å²) in [6.45, 7) is 12.9. The van der Waals surface area contributed by atoms with Crippen molar-refractivity contribution in [2.24, 2.45) is 11.3 Å². The third kappa shape index (κ3) is 11.1. The maximum atomic E-state index is 14.1. The van der Waals surface area contributed by atoms with E-state index in [-0.39, 0.29) is 34.4 Å². The average molecular weight is 1070 g/mol. The van der Waals surface area contributed by atoms with Crippen molar-refractivity contribution >= 4 is 44.0 Å². The number of amides is 1. The van der Waals surface area contributed by atoms with Crippen LogP contribution in [0.4, 0.5) is 17.1 Å². The van der Waals surface area contributed by atoms with Gasteiger partial charge in [-0.3, -0.25) is 24.7 Å². The van der Waals surface area contributed by atoms with E-state index >= 15 is 0 Å². The summed E-state index contributed by atoms with van der Waals surface area (Å²) in [6.07, 6.45) is 11.3. The van der Waals surface area contributed by atoms with Gasteiger partial charge in [0.2, 0.25) is 0 Å². The lowest BCUT2D eigenvalue weighted by Crippen LogP contribution is -2.60. The maximum Gasteiger partial charge on any atom is 0.293 e. The number of aromatic amines is 1. The van der Waals surface area contributed by atoms with Crippen molar-refractivity contribution in [1.29, 1.82) is 0 Å². The van der Waals surface area contributed by atoms with Crippen molar-refractivity contribution in [1.82, 2.24) is 24.5 Å². The number of carbonyl (C=O) groups excluding carboxylic acids is 1. The minimum absolute atomic E-state index is 0.0312. The molecule has 2 saturated carbocycles. The second-order valence-electron chi connectivity index (χ2n) is 22.8. The first kappa shape index (κ1) is 52.3. The average Bonchev–Trinajstić information content (AvgIpc) is 4.12. The molecule has 2 aromatic heterocycles. The second kappa shape index (κ2) is 21.2. The van der Waals surface area contributed by atoms with Gasteiger partial charge in [0.05, 0.1) is 40.9 Å². The molecule has 17 nitrogen and oxygen atoms in total. The van der Waals surface area contributed by atoms with Crippen LogP contribution in [0.5, 0.6) is 23.0 Å². The number of benzene rings is 4. The molecule has 5 heterocycles. The zero-order valence-electron chi connectivity index (χ0n) is 44.4. The van der Waals surface area contributed by atoms with E-state index < -0.39 is 37.0 Å². The van der Waals surface area contributed by atoms with Gasteiger partial charge in [-0.2, -0.15) is 0 Å². The summed E-state index contributed by atoms with van der Waals surface area (Å²) in [7, 11) is -2.87. The van der Waals surface area contributed by atoms with Crippen LogP contribution in [-0.4, -0.2) is 109 Å². The fourth-order valence-corrected chi connectivity index (χ4v) is 13.8. The van der Waals surface area contributed by atoms with Gasteiger partial charge >= 0.3 is 0 Å². The number of piperazine rings is 1. The summed E-state index contributed by atoms with van der Waals surface area (Å²) in [5.74, 6) is 1.85. The van der Waals surface area contributed by atoms with Crippen LogP contribution < -0.4 is 29.1 Å². The van der Waals surface area contributed by atoms with Crippen LogP contribution in [0.3, 0.4) is 0 Å². The Bertz CT molecular complexity index is 3280. The maximum absolute atomic E-state index is 14.1. The largest absolute Gasteiger partial charge is 0.493 e. The lowest BCUT2D eigenvalue weighted by Gasteiger charge is -2.58. The Hall–Kier alpha value is -6.73. The van der Waals surface area contributed by atoms with Gasteiger partial charge in [0, 0.05) is 99.3 Å². The minimum atomic E-state index is -4.59. The number of ether oxygens (including phenoxy) is 3. The highest BCUT2D eigenvalue weighted by Gasteiger charge is 2.50. The molecular formula is C59H70N8O9S. The van der Waals surface area contributed by atoms with Gasteiger partial charge in [0.25, 0.3) is 21.6 Å². The first-order chi connectivity index (χ1) is 37.0. The summed E-state index contributed by atoms with van der Waals surface area (Å²) in [4.78, 5) is 40.6. The molecule has 2 saturated heterocycles. The smallest absolute Gasteiger partial charge is 0.293 e. The van der Waals surface area contributed by atoms with E-state index in [0.717, 1.165) is 113 Å². The Morgan fingerprint density at radius 2 is 1.77 bits per heavy atom. The molecule has 1 amide bonds. The zero-order valence-corrected chi connectivity index (χ0v) is 45.2. The number of H-pyrrole nitrogens is 1. The van der Waals surface area contributed by atoms with Gasteiger partial charge in [0.1, 0.15) is 22.8 Å². The number of methoxy groups -OCH3 is 1. The number of pyridine rings is 1. The van der Waals surface area contributed by atoms with Crippen LogP contribution in [0.1, 0.15) is 117 Å². The van der Waals surface area contributed by atoms with Gasteiger partial charge in [0.15, 0.2) is 11.5 Å². The number of nitrogens with zero attached hydrogens (tertiary/aromatic N) is 5. The number of aromatic nitrogens is 2. The molecule has 1 spiro atoms. The van der Waals surface area contributed by atoms with E-state index in [2.05, 4.69) is 85.0 Å². The van der Waals surface area contributed by atoms with Crippen molar-refractivity contribution < 1.29 is 37.5 Å². The Balaban J connectivity index is 0.779. The van der Waals surface area contributed by atoms with Gasteiger partial charge in [-0.15, -0.1) is 0 Å². The van der Waals surface area contributed by atoms with Crippen LogP contribution in [0.25, 0.3) is 11.0 Å². The van der Waals surface area contributed by atoms with Crippen molar-refractivity contribution in [2.75, 3.05) is 63.2 Å². The number of sulfonamides is 1. The van der Waals surface area contributed by atoms with Crippen LogP contribution in [0.15, 0.2) is 102 Å². The fourth-order valence-electron chi connectivity index (χ4n) is 12.8. The molecule has 4 fully saturated rings. The SMILES string of the molecule is COc1cc(CN2CCN(C3CC4(CCN(c5ccc(C(=O)NS(=O)(=O)c6ccc(NCC7CCC(C)(O)CC7)c([N+](=O)[O-])c6)c(Oc6cnc7[nH]ccc7c6)c5)CC4)C3)C(c3ccccc3C(C)C)C2)cc2c1OCC2. The first-order valence-electron chi connectivity index (χ1n) is 27.2. The molecule has 11 rings (SSSR count). The van der Waals surface area contributed by atoms with E-state index in [0.29, 0.717) is 49.3 Å². The first-order valence-corrected chi connectivity index (χ1v) is 28.7. The lowest BCUT2D eigenvalue weighted by atomic mass is 9.59. The molecule has 4 aromatic carbocycles. The molecule has 0 radical (unpaired) electrons. The van der Waals surface area contributed by atoms with E-state index in [1.807, 2.05) is 19.1 Å². The molecule has 406 valence electrons. The number of fused-ring (bicyclic) bond motifs is 2. The van der Waals surface area contributed by atoms with Gasteiger partial charge in [-0.25, -0.2) is 18.1 Å². The Kier molecular flexibility index (Phi) is 14.4. The van der Waals surface area contributed by atoms with E-state index in [4.69, 9.17) is 14.2 Å². The summed E-state index contributed by atoms with van der Waals surface area (Å²) < 4.78 is 48.0. The quantitative estimate of drug-likeness (QED) is 0.0526. The highest BCUT2D eigenvalue weighted by atomic mass is 32.2. The number of piperidine rings is 1. The van der Waals surface area contributed by atoms with Crippen molar-refractivity contribution in [2.45, 2.75) is 114 Å². The number of aliphatic hydroxyl groups is 1. The molecule has 0 bridgehead atoms. The molecule has 3 aliphatic heterocycles. The number of nitro groups is 1. The molecule has 77 heavy (non-hydrogen) atoms. The number of rotatable bonds is 16. The zero-order chi connectivity index (χ0) is 53.6. The van der Waals surface area contributed by atoms with E-state index in [1.54, 1.807) is 37.7 Å². The van der Waals surface area contributed by atoms with Gasteiger partial charge in [-0.1, -0.05) is 44.2 Å². The molecule has 1 unspecified atom stereocenters. The van der Waals surface area contributed by atoms with Crippen molar-refractivity contribution in [3.8, 4) is 23.0 Å². The second-order valence-corrected chi connectivity index (χ2v) is 24.4. The highest BCUT2D eigenvalue weighted by Crippen LogP contribution is 2.54. The Morgan fingerprint density at radius 1 is 0.974 bits per heavy atom. The predicted octanol–water partition coefficient (Wildman–Crippen LogP) is 10.1. The summed E-state index contributed by atoms with van der Waals surface area (Å²) in [5.41, 5.74) is 6.03. The number of nitrogens with one attached hydrogen (secondary N) is 3. The number of hydrogen-bond donors (Lipinski definition) is 4. The Labute approximate surface area is 450 Å². The van der Waals surface area contributed by atoms with Crippen molar-refractivity contribution in [3.63, 3.8) is 0 Å². The fraction of sp³-hybridized carbons (Fsp3) is 0.458. The van der Waals surface area contributed by atoms with Gasteiger partial charge in [-0.05, 0) is 135 Å². The highest BCUT2D eigenvalue weighted by molar-refractivity contribution is 7.90. The molecule has 5 aliphatic rings. The Morgan fingerprint density at radius 3 is 2.53 bits per heavy atom. The molecule has 4 N–H and O–H groups in total. The van der Waals surface area contributed by atoms with E-state index in [9.17, 15) is 28.4 Å². The van der Waals surface area contributed by atoms with Gasteiger partial charge < -0.3 is 34.5 Å². The lowest BCUT2D eigenvalue weighted by molar-refractivity contribution is -0.384. The standard InChI is InChI=1S/C59H70N8O9S/c1-38(2)47-7-5-6-8-48(47)52-37-64(36-40-27-41-16-26-75-55(41)54(28-40)74-4)24-25-66(52)44-32-59(33-44)19-22-65(23-20-59)43-9-11-49(53(30-43)76-45-29-42-15-21-60-56(42)62-35-45)57(68)63-77(72,73)46-10-12-50(51(31-46)67(70)71)61-34-39-13-17-58(3,69)18-14-39/h5-12,15,21,27-31,35,38-39,44,52,61,69H,13-14,16-20,22-26,32-34,36-37H2,1-4H3,(H,60,62)(H,63,68). The topological polar surface area (TPSA) is 205 Å². The summed E-state index contributed by atoms with van der Waals surface area (Å²) in [5, 5.41) is 26.5. The van der Waals surface area contributed by atoms with Crippen LogP contribution in [0, 0.1) is 21.4 Å². The monoisotopic (exact) mass is 1070 g/mol.